The second kappa shape index (κ2) is 18.3. The van der Waals surface area contributed by atoms with Gasteiger partial charge in [-0.15, -0.1) is 0 Å². The molecule has 66 heavy (non-hydrogen) atoms. The van der Waals surface area contributed by atoms with Gasteiger partial charge < -0.3 is 51.3 Å². The van der Waals surface area contributed by atoms with Crippen molar-refractivity contribution in [2.75, 3.05) is 72.3 Å². The number of aliphatic hydroxyl groups excluding tert-OH is 2. The first kappa shape index (κ1) is 43.9. The smallest absolute Gasteiger partial charge is 0.413 e. The molecule has 2 aliphatic carbocycles. The number of aliphatic hydroxyl groups is 2. The first-order valence-corrected chi connectivity index (χ1v) is 21.5. The Bertz CT molecular complexity index is 2680. The third kappa shape index (κ3) is 8.63. The molecule has 0 bridgehead atoms. The molecule has 0 spiro atoms. The van der Waals surface area contributed by atoms with Gasteiger partial charge >= 0.3 is 12.2 Å². The van der Waals surface area contributed by atoms with Crippen LogP contribution in [-0.4, -0.2) is 94.1 Å². The molecule has 10 rings (SSSR count). The zero-order chi connectivity index (χ0) is 46.2. The molecule has 6 heterocycles. The van der Waals surface area contributed by atoms with Crippen LogP contribution in [0.3, 0.4) is 0 Å². The highest BCUT2D eigenvalue weighted by Gasteiger charge is 2.33. The third-order valence-corrected chi connectivity index (χ3v) is 12.4. The highest BCUT2D eigenvalue weighted by molar-refractivity contribution is 6.01. The lowest BCUT2D eigenvalue weighted by molar-refractivity contribution is 0.00309. The zero-order valence-electron chi connectivity index (χ0n) is 36.0. The van der Waals surface area contributed by atoms with E-state index in [1.807, 2.05) is 13.8 Å². The highest BCUT2D eigenvalue weighted by Crippen LogP contribution is 2.42. The molecule has 4 aliphatic rings. The molecule has 2 fully saturated rings. The number of nitrogens with one attached hydrogen (secondary N) is 4. The van der Waals surface area contributed by atoms with Gasteiger partial charge in [0.05, 0.1) is 11.4 Å². The molecule has 0 unspecified atom stereocenters. The minimum atomic E-state index is -0.626. The summed E-state index contributed by atoms with van der Waals surface area (Å²) in [7, 11) is 0. The van der Waals surface area contributed by atoms with Crippen LogP contribution >= 0.6 is 0 Å². The molecule has 2 aromatic carbocycles. The molecule has 0 saturated heterocycles. The number of pyridine rings is 4. The lowest BCUT2D eigenvalue weighted by Gasteiger charge is -2.33. The van der Waals surface area contributed by atoms with Crippen molar-refractivity contribution in [2.45, 2.75) is 51.7 Å². The average molecular weight is 907 g/mol. The standard InChI is InChI=1S/2C23H24FN5O4/c2*1-11-16(8-28-22-21(11)26-2-3-32-22)15-6-13-7-18(27-9-17(13)20(25)19(15)24)29-23(31)33-14-4-12(5-14)10-30/h2*6-9,12,14,26,30H,2-5,10,25H2,1H3,(H,27,29,31). The summed E-state index contributed by atoms with van der Waals surface area (Å²) < 4.78 is 52.3. The van der Waals surface area contributed by atoms with Crippen LogP contribution < -0.4 is 42.2 Å². The summed E-state index contributed by atoms with van der Waals surface area (Å²) in [6.07, 6.45) is 6.87. The molecule has 18 nitrogen and oxygen atoms in total. The van der Waals surface area contributed by atoms with Gasteiger partial charge in [0, 0.05) is 84.1 Å². The van der Waals surface area contributed by atoms with Crippen molar-refractivity contribution in [3.63, 3.8) is 0 Å². The van der Waals surface area contributed by atoms with Gasteiger partial charge in [-0.05, 0) is 97.5 Å². The number of rotatable bonds is 8. The van der Waals surface area contributed by atoms with Gasteiger partial charge in [-0.1, -0.05) is 0 Å². The van der Waals surface area contributed by atoms with Crippen LogP contribution in [0.15, 0.2) is 49.1 Å². The van der Waals surface area contributed by atoms with Crippen LogP contribution in [0.1, 0.15) is 36.8 Å². The molecule has 10 N–H and O–H groups in total. The van der Waals surface area contributed by atoms with Gasteiger partial charge in [0.2, 0.25) is 11.8 Å². The number of hydrogen-bond donors (Lipinski definition) is 8. The Labute approximate surface area is 376 Å². The van der Waals surface area contributed by atoms with E-state index in [0.29, 0.717) is 108 Å². The molecule has 20 heteroatoms. The number of carbonyl (C=O) groups is 2. The number of nitrogens with two attached hydrogens (primary N) is 2. The van der Waals surface area contributed by atoms with Gasteiger partial charge in [0.15, 0.2) is 11.6 Å². The maximum atomic E-state index is 15.2. The minimum Gasteiger partial charge on any atom is -0.474 e. The number of halogens is 2. The van der Waals surface area contributed by atoms with E-state index in [1.165, 1.54) is 12.4 Å². The summed E-state index contributed by atoms with van der Waals surface area (Å²) in [5, 5.41) is 32.0. The Balaban J connectivity index is 0.000000166. The van der Waals surface area contributed by atoms with Gasteiger partial charge in [0.25, 0.3) is 0 Å². The Kier molecular flexibility index (Phi) is 12.2. The molecular weight excluding hydrogens is 859 g/mol. The van der Waals surface area contributed by atoms with Crippen LogP contribution in [0.5, 0.6) is 11.8 Å². The predicted molar refractivity (Wildman–Crippen MR) is 244 cm³/mol. The van der Waals surface area contributed by atoms with Crippen molar-refractivity contribution in [1.29, 1.82) is 0 Å². The fraction of sp³-hybridized carbons (Fsp3) is 0.348. The van der Waals surface area contributed by atoms with Crippen molar-refractivity contribution in [3.8, 4) is 34.0 Å². The summed E-state index contributed by atoms with van der Waals surface area (Å²) >= 11 is 0. The van der Waals surface area contributed by atoms with Crippen molar-refractivity contribution >= 4 is 68.1 Å². The number of ether oxygens (including phenoxy) is 4. The first-order valence-electron chi connectivity index (χ1n) is 21.5. The second-order valence-corrected chi connectivity index (χ2v) is 16.7. The minimum absolute atomic E-state index is 0.0324. The number of anilines is 6. The monoisotopic (exact) mass is 906 g/mol. The number of benzene rings is 2. The Morgan fingerprint density at radius 1 is 0.667 bits per heavy atom. The van der Waals surface area contributed by atoms with Crippen molar-refractivity contribution in [2.24, 2.45) is 11.8 Å². The molecule has 2 aliphatic heterocycles. The highest BCUT2D eigenvalue weighted by atomic mass is 19.1. The van der Waals surface area contributed by atoms with Gasteiger partial charge in [-0.2, -0.15) is 0 Å². The van der Waals surface area contributed by atoms with Crippen LogP contribution in [0.2, 0.25) is 0 Å². The van der Waals surface area contributed by atoms with E-state index in [4.69, 9.17) is 40.6 Å². The summed E-state index contributed by atoms with van der Waals surface area (Å²) in [6, 6.07) is 6.57. The van der Waals surface area contributed by atoms with Crippen LogP contribution in [0.25, 0.3) is 43.8 Å². The normalized spacial score (nSPS) is 19.1. The zero-order valence-corrected chi connectivity index (χ0v) is 36.0. The van der Waals surface area contributed by atoms with Crippen molar-refractivity contribution in [1.82, 2.24) is 19.9 Å². The Morgan fingerprint density at radius 2 is 1.08 bits per heavy atom. The van der Waals surface area contributed by atoms with Gasteiger partial charge in [0.1, 0.15) is 48.4 Å². The van der Waals surface area contributed by atoms with E-state index in [1.54, 1.807) is 36.7 Å². The lowest BCUT2D eigenvalue weighted by atomic mass is 9.83. The van der Waals surface area contributed by atoms with E-state index in [9.17, 15) is 9.59 Å². The Hall–Kier alpha value is -7.32. The van der Waals surface area contributed by atoms with Crippen LogP contribution in [0.4, 0.5) is 52.8 Å². The van der Waals surface area contributed by atoms with E-state index in [2.05, 4.69) is 41.2 Å². The molecule has 344 valence electrons. The fourth-order valence-corrected chi connectivity index (χ4v) is 8.52. The third-order valence-electron chi connectivity index (χ3n) is 12.4. The number of hydrogen-bond acceptors (Lipinski definition) is 16. The lowest BCUT2D eigenvalue weighted by Crippen LogP contribution is -2.36. The predicted octanol–water partition coefficient (Wildman–Crippen LogP) is 6.90. The molecule has 0 atom stereocenters. The number of fused-ring (bicyclic) bond motifs is 4. The van der Waals surface area contributed by atoms with E-state index in [-0.39, 0.29) is 60.3 Å². The number of carbonyl (C=O) groups excluding carboxylic acids is 2. The van der Waals surface area contributed by atoms with Crippen LogP contribution in [-0.2, 0) is 9.47 Å². The molecule has 2 amide bonds. The average Bonchev–Trinajstić information content (AvgIpc) is 3.29. The fourth-order valence-electron chi connectivity index (χ4n) is 8.52. The van der Waals surface area contributed by atoms with Crippen LogP contribution in [0, 0.1) is 37.3 Å². The van der Waals surface area contributed by atoms with E-state index in [0.717, 1.165) is 22.5 Å². The number of nitrogens with zero attached hydrogens (tertiary/aromatic N) is 4. The topological polar surface area (TPSA) is 263 Å². The summed E-state index contributed by atoms with van der Waals surface area (Å²) in [5.74, 6) is 0.743. The molecule has 4 aromatic heterocycles. The second-order valence-electron chi connectivity index (χ2n) is 16.7. The Morgan fingerprint density at radius 3 is 1.47 bits per heavy atom. The van der Waals surface area contributed by atoms with Gasteiger partial charge in [-0.25, -0.2) is 38.3 Å². The maximum absolute atomic E-state index is 15.2. The number of amides is 2. The molecule has 6 aromatic rings. The SMILES string of the molecule is Cc1c(-c2cc3cc(NC(=O)OC4CC(CO)C4)ncc3c(N)c2F)cnc2c1NCCO2.Cc1c(-c2cc3cc(NC(=O)OC4CC(CO)C4)ncc3c(N)c2F)cnc2c1NCCO2. The molecular formula is C46H48F2N10O8. The first-order chi connectivity index (χ1) is 31.9. The van der Waals surface area contributed by atoms with E-state index >= 15 is 8.78 Å². The maximum Gasteiger partial charge on any atom is 0.413 e. The van der Waals surface area contributed by atoms with Crippen molar-refractivity contribution in [3.05, 3.63) is 71.8 Å². The van der Waals surface area contributed by atoms with E-state index < -0.39 is 23.8 Å². The van der Waals surface area contributed by atoms with Gasteiger partial charge in [-0.3, -0.25) is 10.6 Å². The molecule has 0 radical (unpaired) electrons. The summed E-state index contributed by atoms with van der Waals surface area (Å²) in [6.45, 7) is 6.24. The quantitative estimate of drug-likeness (QED) is 0.0722. The number of nitrogen functional groups attached to an aromatic ring is 2. The largest absolute Gasteiger partial charge is 0.474 e. The molecule has 2 saturated carbocycles. The summed E-state index contributed by atoms with van der Waals surface area (Å²) in [5.41, 5.74) is 17.0. The summed E-state index contributed by atoms with van der Waals surface area (Å²) in [4.78, 5) is 41.4. The van der Waals surface area contributed by atoms with Crippen molar-refractivity contribution < 1.29 is 47.5 Å². The number of aromatic nitrogens is 4.